The van der Waals surface area contributed by atoms with Gasteiger partial charge in [-0.25, -0.2) is 4.98 Å². The lowest BCUT2D eigenvalue weighted by molar-refractivity contribution is -0.122. The van der Waals surface area contributed by atoms with E-state index in [1.165, 1.54) is 0 Å². The molecule has 0 atom stereocenters. The lowest BCUT2D eigenvalue weighted by Crippen LogP contribution is -2.36. The van der Waals surface area contributed by atoms with E-state index in [2.05, 4.69) is 10.3 Å². The van der Waals surface area contributed by atoms with Gasteiger partial charge in [-0.3, -0.25) is 9.69 Å². The molecule has 0 aliphatic rings. The predicted molar refractivity (Wildman–Crippen MR) is 78.1 cm³/mol. The number of nitrogens with one attached hydrogen (secondary N) is 1. The second-order valence-corrected chi connectivity index (χ2v) is 4.56. The molecule has 20 heavy (non-hydrogen) atoms. The summed E-state index contributed by atoms with van der Waals surface area (Å²) in [7, 11) is 0. The van der Waals surface area contributed by atoms with Crippen molar-refractivity contribution >= 4 is 22.7 Å². The van der Waals surface area contributed by atoms with E-state index in [1.54, 1.807) is 6.07 Å². The number of aromatic nitrogens is 1. The number of nitrogens with two attached hydrogens (primary N) is 1. The Kier molecular flexibility index (Phi) is 4.57. The Labute approximate surface area is 117 Å². The maximum absolute atomic E-state index is 11.6. The molecule has 6 nitrogen and oxygen atoms in total. The van der Waals surface area contributed by atoms with Crippen LogP contribution in [0, 0.1) is 0 Å². The summed E-state index contributed by atoms with van der Waals surface area (Å²) in [6.45, 7) is 6.09. The van der Waals surface area contributed by atoms with E-state index in [9.17, 15) is 4.79 Å². The topological polar surface area (TPSA) is 84.4 Å². The van der Waals surface area contributed by atoms with E-state index in [0.29, 0.717) is 42.3 Å². The summed E-state index contributed by atoms with van der Waals surface area (Å²) in [6.07, 6.45) is 0. The van der Waals surface area contributed by atoms with Crippen LogP contribution in [-0.4, -0.2) is 35.4 Å². The minimum atomic E-state index is 0.00461. The van der Waals surface area contributed by atoms with Gasteiger partial charge in [0, 0.05) is 6.54 Å². The van der Waals surface area contributed by atoms with Crippen LogP contribution in [0.3, 0.4) is 0 Å². The first kappa shape index (κ1) is 14.3. The summed E-state index contributed by atoms with van der Waals surface area (Å²) >= 11 is 0. The molecule has 0 saturated carbocycles. The summed E-state index contributed by atoms with van der Waals surface area (Å²) in [6, 6.07) is 5.46. The molecule has 3 N–H and O–H groups in total. The number of anilines is 1. The number of likely N-dealkylation sites (N-methyl/N-ethyl adjacent to an activating group) is 2. The molecule has 0 unspecified atom stereocenters. The van der Waals surface area contributed by atoms with Gasteiger partial charge in [-0.2, -0.15) is 0 Å². The van der Waals surface area contributed by atoms with Crippen LogP contribution in [0.1, 0.15) is 19.7 Å². The van der Waals surface area contributed by atoms with Gasteiger partial charge in [0.05, 0.1) is 18.8 Å². The van der Waals surface area contributed by atoms with Crippen LogP contribution in [-0.2, 0) is 11.3 Å². The van der Waals surface area contributed by atoms with E-state index < -0.39 is 0 Å². The van der Waals surface area contributed by atoms with Gasteiger partial charge in [-0.05, 0) is 25.6 Å². The van der Waals surface area contributed by atoms with E-state index in [4.69, 9.17) is 10.2 Å². The third-order valence-electron chi connectivity index (χ3n) is 3.04. The Bertz CT molecular complexity index is 594. The van der Waals surface area contributed by atoms with Crippen LogP contribution in [0.5, 0.6) is 0 Å². The minimum absolute atomic E-state index is 0.00461. The Balaban J connectivity index is 2.09. The van der Waals surface area contributed by atoms with Gasteiger partial charge in [-0.15, -0.1) is 0 Å². The van der Waals surface area contributed by atoms with Gasteiger partial charge >= 0.3 is 0 Å². The number of carbonyl (C=O) groups is 1. The third kappa shape index (κ3) is 3.27. The van der Waals surface area contributed by atoms with Crippen LogP contribution in [0.2, 0.25) is 0 Å². The smallest absolute Gasteiger partial charge is 0.234 e. The fourth-order valence-electron chi connectivity index (χ4n) is 2.01. The van der Waals surface area contributed by atoms with E-state index in [-0.39, 0.29) is 5.91 Å². The Hall–Kier alpha value is -2.08. The normalized spacial score (nSPS) is 11.2. The highest BCUT2D eigenvalue weighted by molar-refractivity contribution is 5.85. The molecule has 1 aromatic carbocycles. The number of benzene rings is 1. The van der Waals surface area contributed by atoms with Gasteiger partial charge in [0.25, 0.3) is 0 Å². The fraction of sp³-hybridized carbons (Fsp3) is 0.429. The quantitative estimate of drug-likeness (QED) is 0.778. The largest absolute Gasteiger partial charge is 0.439 e. The van der Waals surface area contributed by atoms with Crippen molar-refractivity contribution in [2.75, 3.05) is 25.4 Å². The first-order valence-electron chi connectivity index (χ1n) is 6.77. The van der Waals surface area contributed by atoms with Crippen molar-refractivity contribution in [3.63, 3.8) is 0 Å². The number of hydrogen-bond acceptors (Lipinski definition) is 5. The molecule has 1 heterocycles. The number of hydrogen-bond donors (Lipinski definition) is 2. The highest BCUT2D eigenvalue weighted by Crippen LogP contribution is 2.21. The predicted octanol–water partition coefficient (Wildman–Crippen LogP) is 1.37. The first-order valence-corrected chi connectivity index (χ1v) is 6.77. The molecule has 2 aromatic rings. The number of para-hydroxylation sites is 1. The first-order chi connectivity index (χ1) is 9.63. The lowest BCUT2D eigenvalue weighted by atomic mass is 10.3. The number of nitrogens with zero attached hydrogens (tertiary/aromatic N) is 2. The maximum Gasteiger partial charge on any atom is 0.234 e. The summed E-state index contributed by atoms with van der Waals surface area (Å²) in [5.74, 6) is 0.578. The van der Waals surface area contributed by atoms with Crippen LogP contribution in [0.4, 0.5) is 5.69 Å². The average Bonchev–Trinajstić information content (AvgIpc) is 2.82. The molecule has 1 amide bonds. The van der Waals surface area contributed by atoms with Crippen molar-refractivity contribution < 1.29 is 9.21 Å². The van der Waals surface area contributed by atoms with Crippen molar-refractivity contribution in [3.8, 4) is 0 Å². The molecule has 0 radical (unpaired) electrons. The highest BCUT2D eigenvalue weighted by Gasteiger charge is 2.14. The van der Waals surface area contributed by atoms with Crippen LogP contribution >= 0.6 is 0 Å². The van der Waals surface area contributed by atoms with Crippen molar-refractivity contribution in [2.45, 2.75) is 20.4 Å². The van der Waals surface area contributed by atoms with Gasteiger partial charge in [0.2, 0.25) is 11.8 Å². The molecule has 2 rings (SSSR count). The molecule has 0 aliphatic heterocycles. The van der Waals surface area contributed by atoms with Gasteiger partial charge in [0.15, 0.2) is 5.58 Å². The number of nitrogen functional groups attached to an aromatic ring is 1. The van der Waals surface area contributed by atoms with Crippen LogP contribution < -0.4 is 11.1 Å². The van der Waals surface area contributed by atoms with Gasteiger partial charge in [0.1, 0.15) is 5.52 Å². The summed E-state index contributed by atoms with van der Waals surface area (Å²) in [5.41, 5.74) is 7.81. The number of rotatable bonds is 6. The van der Waals surface area contributed by atoms with Gasteiger partial charge in [-0.1, -0.05) is 13.0 Å². The molecule has 0 spiro atoms. The Morgan fingerprint density at radius 3 is 2.90 bits per heavy atom. The van der Waals surface area contributed by atoms with E-state index in [1.807, 2.05) is 30.9 Å². The Morgan fingerprint density at radius 1 is 1.45 bits per heavy atom. The number of carbonyl (C=O) groups excluding carboxylic acids is 1. The van der Waals surface area contributed by atoms with Crippen LogP contribution in [0.15, 0.2) is 22.6 Å². The lowest BCUT2D eigenvalue weighted by Gasteiger charge is -2.17. The summed E-state index contributed by atoms with van der Waals surface area (Å²) in [4.78, 5) is 18.0. The fourth-order valence-corrected chi connectivity index (χ4v) is 2.01. The van der Waals surface area contributed by atoms with E-state index in [0.717, 1.165) is 6.54 Å². The molecule has 1 aromatic heterocycles. The third-order valence-corrected chi connectivity index (χ3v) is 3.04. The summed E-state index contributed by atoms with van der Waals surface area (Å²) < 4.78 is 5.66. The number of oxazole rings is 1. The van der Waals surface area contributed by atoms with Crippen molar-refractivity contribution in [3.05, 3.63) is 24.1 Å². The summed E-state index contributed by atoms with van der Waals surface area (Å²) in [5, 5.41) is 2.78. The second kappa shape index (κ2) is 6.38. The zero-order chi connectivity index (χ0) is 14.5. The second-order valence-electron chi connectivity index (χ2n) is 4.56. The SMILES string of the molecule is CCNC(=O)CN(CC)Cc1nc2c(N)cccc2o1. The molecular weight excluding hydrogens is 256 g/mol. The van der Waals surface area contributed by atoms with Crippen molar-refractivity contribution in [1.29, 1.82) is 0 Å². The molecule has 0 fully saturated rings. The molecule has 108 valence electrons. The zero-order valence-electron chi connectivity index (χ0n) is 11.8. The number of amides is 1. The Morgan fingerprint density at radius 2 is 2.25 bits per heavy atom. The van der Waals surface area contributed by atoms with E-state index >= 15 is 0 Å². The highest BCUT2D eigenvalue weighted by atomic mass is 16.3. The molecule has 6 heteroatoms. The van der Waals surface area contributed by atoms with Gasteiger partial charge < -0.3 is 15.5 Å². The monoisotopic (exact) mass is 276 g/mol. The van der Waals surface area contributed by atoms with Crippen molar-refractivity contribution in [2.24, 2.45) is 0 Å². The standard InChI is InChI=1S/C14H20N4O2/c1-3-16-12(19)8-18(4-2)9-13-17-14-10(15)6-5-7-11(14)20-13/h5-7H,3-4,8-9,15H2,1-2H3,(H,16,19). The molecule has 0 bridgehead atoms. The number of fused-ring (bicyclic) bond motifs is 1. The maximum atomic E-state index is 11.6. The van der Waals surface area contributed by atoms with Crippen molar-refractivity contribution in [1.82, 2.24) is 15.2 Å². The molecule has 0 aliphatic carbocycles. The molecule has 0 saturated heterocycles. The zero-order valence-corrected chi connectivity index (χ0v) is 11.8. The molecular formula is C14H20N4O2. The average molecular weight is 276 g/mol. The van der Waals surface area contributed by atoms with Crippen LogP contribution in [0.25, 0.3) is 11.1 Å². The minimum Gasteiger partial charge on any atom is -0.439 e.